The normalized spacial score (nSPS) is 19.5. The fourth-order valence-electron chi connectivity index (χ4n) is 2.21. The maximum atomic E-state index is 11.1. The number of benzene rings is 1. The number of anilines is 1. The highest BCUT2D eigenvalue weighted by Crippen LogP contribution is 2.20. The molecule has 1 aromatic rings. The zero-order valence-corrected chi connectivity index (χ0v) is 10.6. The van der Waals surface area contributed by atoms with Crippen molar-refractivity contribution in [1.82, 2.24) is 0 Å². The number of carbonyl (C=O) groups is 1. The summed E-state index contributed by atoms with van der Waals surface area (Å²) >= 11 is 0. The zero-order valence-electron chi connectivity index (χ0n) is 10.6. The minimum atomic E-state index is -0.891. The summed E-state index contributed by atoms with van der Waals surface area (Å²) in [7, 11) is 0. The van der Waals surface area contributed by atoms with Gasteiger partial charge in [-0.05, 0) is 43.4 Å². The Morgan fingerprint density at radius 1 is 1.56 bits per heavy atom. The van der Waals surface area contributed by atoms with Gasteiger partial charge in [0, 0.05) is 18.8 Å². The monoisotopic (exact) mass is 249 g/mol. The molecule has 0 aliphatic carbocycles. The van der Waals surface area contributed by atoms with E-state index in [2.05, 4.69) is 5.32 Å². The SMILES string of the molecule is Cc1ccc(C(=O)O)c(NCC2CCCOC2)c1. The third-order valence-electron chi connectivity index (χ3n) is 3.24. The second-order valence-electron chi connectivity index (χ2n) is 4.82. The lowest BCUT2D eigenvalue weighted by Crippen LogP contribution is -2.24. The van der Waals surface area contributed by atoms with Crippen LogP contribution in [0.15, 0.2) is 18.2 Å². The van der Waals surface area contributed by atoms with Crippen molar-refractivity contribution < 1.29 is 14.6 Å². The third-order valence-corrected chi connectivity index (χ3v) is 3.24. The lowest BCUT2D eigenvalue weighted by Gasteiger charge is -2.23. The van der Waals surface area contributed by atoms with E-state index in [1.165, 1.54) is 0 Å². The van der Waals surface area contributed by atoms with Gasteiger partial charge in [-0.2, -0.15) is 0 Å². The van der Waals surface area contributed by atoms with Gasteiger partial charge in [0.1, 0.15) is 0 Å². The minimum Gasteiger partial charge on any atom is -0.478 e. The van der Waals surface area contributed by atoms with Crippen molar-refractivity contribution in [3.63, 3.8) is 0 Å². The molecule has 1 atom stereocenters. The van der Waals surface area contributed by atoms with Crippen LogP contribution in [-0.2, 0) is 4.74 Å². The molecule has 98 valence electrons. The first-order valence-electron chi connectivity index (χ1n) is 6.32. The van der Waals surface area contributed by atoms with Crippen LogP contribution in [0.5, 0.6) is 0 Å². The highest BCUT2D eigenvalue weighted by molar-refractivity contribution is 5.94. The smallest absolute Gasteiger partial charge is 0.337 e. The van der Waals surface area contributed by atoms with Crippen LogP contribution in [0.2, 0.25) is 0 Å². The van der Waals surface area contributed by atoms with Gasteiger partial charge in [0.15, 0.2) is 0 Å². The Morgan fingerprint density at radius 2 is 2.39 bits per heavy atom. The maximum Gasteiger partial charge on any atom is 0.337 e. The van der Waals surface area contributed by atoms with Crippen LogP contribution in [0.3, 0.4) is 0 Å². The molecule has 1 aliphatic rings. The maximum absolute atomic E-state index is 11.1. The predicted octanol–water partition coefficient (Wildman–Crippen LogP) is 2.53. The molecule has 0 bridgehead atoms. The largest absolute Gasteiger partial charge is 0.478 e. The van der Waals surface area contributed by atoms with E-state index < -0.39 is 5.97 Å². The molecule has 0 aromatic heterocycles. The molecule has 0 saturated carbocycles. The van der Waals surface area contributed by atoms with Crippen molar-refractivity contribution in [2.24, 2.45) is 5.92 Å². The summed E-state index contributed by atoms with van der Waals surface area (Å²) < 4.78 is 5.42. The van der Waals surface area contributed by atoms with Gasteiger partial charge >= 0.3 is 5.97 Å². The number of rotatable bonds is 4. The summed E-state index contributed by atoms with van der Waals surface area (Å²) in [6.07, 6.45) is 2.23. The minimum absolute atomic E-state index is 0.331. The van der Waals surface area contributed by atoms with Crippen LogP contribution in [0, 0.1) is 12.8 Å². The molecule has 18 heavy (non-hydrogen) atoms. The van der Waals surface area contributed by atoms with E-state index in [4.69, 9.17) is 9.84 Å². The number of aryl methyl sites for hydroxylation is 1. The van der Waals surface area contributed by atoms with Crippen LogP contribution >= 0.6 is 0 Å². The Hall–Kier alpha value is -1.55. The molecule has 1 aliphatic heterocycles. The van der Waals surface area contributed by atoms with Gasteiger partial charge in [0.25, 0.3) is 0 Å². The van der Waals surface area contributed by atoms with Gasteiger partial charge in [0.05, 0.1) is 12.2 Å². The van der Waals surface area contributed by atoms with Gasteiger partial charge in [-0.1, -0.05) is 6.07 Å². The Morgan fingerprint density at radius 3 is 3.06 bits per heavy atom. The van der Waals surface area contributed by atoms with Crippen molar-refractivity contribution in [3.8, 4) is 0 Å². The summed E-state index contributed by atoms with van der Waals surface area (Å²) in [5, 5.41) is 12.4. The zero-order chi connectivity index (χ0) is 13.0. The lowest BCUT2D eigenvalue weighted by atomic mass is 10.0. The molecule has 1 unspecified atom stereocenters. The van der Waals surface area contributed by atoms with Gasteiger partial charge in [-0.15, -0.1) is 0 Å². The van der Waals surface area contributed by atoms with E-state index in [0.29, 0.717) is 17.2 Å². The molecular formula is C14H19NO3. The average Bonchev–Trinajstić information content (AvgIpc) is 2.37. The number of hydrogen-bond donors (Lipinski definition) is 2. The highest BCUT2D eigenvalue weighted by atomic mass is 16.5. The predicted molar refractivity (Wildman–Crippen MR) is 70.2 cm³/mol. The molecule has 1 fully saturated rings. The van der Waals surface area contributed by atoms with Crippen molar-refractivity contribution in [2.45, 2.75) is 19.8 Å². The summed E-state index contributed by atoms with van der Waals surface area (Å²) in [5.74, 6) is -0.418. The molecular weight excluding hydrogens is 230 g/mol. The van der Waals surface area contributed by atoms with Crippen LogP contribution in [-0.4, -0.2) is 30.8 Å². The first-order chi connectivity index (χ1) is 8.66. The molecule has 4 heteroatoms. The van der Waals surface area contributed by atoms with Crippen LogP contribution < -0.4 is 5.32 Å². The first-order valence-corrected chi connectivity index (χ1v) is 6.32. The molecule has 4 nitrogen and oxygen atoms in total. The number of carboxylic acids is 1. The Kier molecular flexibility index (Phi) is 4.20. The van der Waals surface area contributed by atoms with Gasteiger partial charge in [-0.3, -0.25) is 0 Å². The summed E-state index contributed by atoms with van der Waals surface area (Å²) in [6.45, 7) is 4.34. The van der Waals surface area contributed by atoms with Crippen LogP contribution in [0.1, 0.15) is 28.8 Å². The molecule has 1 aromatic carbocycles. The van der Waals surface area contributed by atoms with Crippen molar-refractivity contribution in [1.29, 1.82) is 0 Å². The second kappa shape index (κ2) is 5.87. The standard InChI is InChI=1S/C14H19NO3/c1-10-4-5-12(14(16)17)13(7-10)15-8-11-3-2-6-18-9-11/h4-5,7,11,15H,2-3,6,8-9H2,1H3,(H,16,17). The third kappa shape index (κ3) is 3.23. The van der Waals surface area contributed by atoms with Crippen molar-refractivity contribution in [2.75, 3.05) is 25.1 Å². The fourth-order valence-corrected chi connectivity index (χ4v) is 2.21. The van der Waals surface area contributed by atoms with Crippen LogP contribution in [0.4, 0.5) is 5.69 Å². The second-order valence-corrected chi connectivity index (χ2v) is 4.82. The number of carboxylic acid groups (broad SMARTS) is 1. The van der Waals surface area contributed by atoms with Crippen LogP contribution in [0.25, 0.3) is 0 Å². The Bertz CT molecular complexity index is 425. The van der Waals surface area contributed by atoms with E-state index in [1.54, 1.807) is 6.07 Å². The van der Waals surface area contributed by atoms with E-state index in [-0.39, 0.29) is 0 Å². The van der Waals surface area contributed by atoms with Crippen molar-refractivity contribution >= 4 is 11.7 Å². The van der Waals surface area contributed by atoms with E-state index in [0.717, 1.165) is 38.2 Å². The molecule has 1 heterocycles. The highest BCUT2D eigenvalue weighted by Gasteiger charge is 2.15. The Balaban J connectivity index is 2.03. The van der Waals surface area contributed by atoms with E-state index in [9.17, 15) is 4.79 Å². The lowest BCUT2D eigenvalue weighted by molar-refractivity contribution is 0.0595. The molecule has 2 rings (SSSR count). The number of nitrogens with one attached hydrogen (secondary N) is 1. The Labute approximate surface area is 107 Å². The molecule has 1 saturated heterocycles. The van der Waals surface area contributed by atoms with Gasteiger partial charge < -0.3 is 15.2 Å². The molecule has 0 spiro atoms. The first kappa shape index (κ1) is 12.9. The summed E-state index contributed by atoms with van der Waals surface area (Å²) in [6, 6.07) is 5.35. The molecule has 0 radical (unpaired) electrons. The van der Waals surface area contributed by atoms with Gasteiger partial charge in [-0.25, -0.2) is 4.79 Å². The summed E-state index contributed by atoms with van der Waals surface area (Å²) in [4.78, 5) is 11.1. The molecule has 0 amide bonds. The topological polar surface area (TPSA) is 58.6 Å². The number of hydrogen-bond acceptors (Lipinski definition) is 3. The summed E-state index contributed by atoms with van der Waals surface area (Å²) in [5.41, 5.74) is 2.09. The fraction of sp³-hybridized carbons (Fsp3) is 0.500. The van der Waals surface area contributed by atoms with E-state index in [1.807, 2.05) is 19.1 Å². The number of ether oxygens (including phenoxy) is 1. The molecule has 2 N–H and O–H groups in total. The quantitative estimate of drug-likeness (QED) is 0.861. The van der Waals surface area contributed by atoms with E-state index >= 15 is 0 Å². The average molecular weight is 249 g/mol. The van der Waals surface area contributed by atoms with Crippen molar-refractivity contribution in [3.05, 3.63) is 29.3 Å². The van der Waals surface area contributed by atoms with Gasteiger partial charge in [0.2, 0.25) is 0 Å². The number of aromatic carboxylic acids is 1.